The van der Waals surface area contributed by atoms with Crippen LogP contribution in [0.25, 0.3) is 0 Å². The topological polar surface area (TPSA) is 68.7 Å². The number of halogens is 2. The van der Waals surface area contributed by atoms with Crippen molar-refractivity contribution in [3.63, 3.8) is 0 Å². The number of hydrogen-bond acceptors (Lipinski definition) is 5. The highest BCUT2D eigenvalue weighted by molar-refractivity contribution is 5.92. The van der Waals surface area contributed by atoms with Crippen molar-refractivity contribution in [1.82, 2.24) is 15.4 Å². The molecule has 2 aliphatic rings. The van der Waals surface area contributed by atoms with Gasteiger partial charge in [-0.3, -0.25) is 14.9 Å². The molecule has 0 saturated carbocycles. The highest BCUT2D eigenvalue weighted by atomic mass is 19.1. The highest BCUT2D eigenvalue weighted by Gasteiger charge is 2.30. The van der Waals surface area contributed by atoms with E-state index in [0.717, 1.165) is 56.2 Å². The first kappa shape index (κ1) is 25.5. The minimum atomic E-state index is -0.683. The first-order valence-corrected chi connectivity index (χ1v) is 12.0. The summed E-state index contributed by atoms with van der Waals surface area (Å²) in [4.78, 5) is 20.7. The van der Waals surface area contributed by atoms with Gasteiger partial charge in [0.15, 0.2) is 0 Å². The van der Waals surface area contributed by atoms with E-state index < -0.39 is 17.5 Å². The molecule has 2 aromatic rings. The number of allylic oxidation sites excluding steroid dienone is 1. The molecule has 1 unspecified atom stereocenters. The Balaban J connectivity index is 1.58. The Kier molecular flexibility index (Phi) is 8.14. The standard InChI is InChI=1S/C28H30F2N4O2/c1-3-4-5-6-20-16-33(11-9-19(20)2)17-21-10-12-34(18-22-7-8-23(29)13-25(22)30)27-15-31-26(14-24(21)27)28(35)32-36/h3,7-8,13-15,21,36H,1,6,9-12,16-18H2,2H3,(H,32,35). The van der Waals surface area contributed by atoms with Crippen molar-refractivity contribution in [2.45, 2.75) is 38.6 Å². The maximum Gasteiger partial charge on any atom is 0.293 e. The van der Waals surface area contributed by atoms with E-state index in [9.17, 15) is 13.6 Å². The Hall–Kier alpha value is -3.54. The zero-order valence-electron chi connectivity index (χ0n) is 20.4. The lowest BCUT2D eigenvalue weighted by Gasteiger charge is -2.39. The lowest BCUT2D eigenvalue weighted by Crippen LogP contribution is -2.39. The number of carbonyl (C=O) groups excluding carboxylic acids is 1. The number of amides is 1. The Morgan fingerprint density at radius 3 is 2.92 bits per heavy atom. The summed E-state index contributed by atoms with van der Waals surface area (Å²) in [5.74, 6) is 4.31. The van der Waals surface area contributed by atoms with Crippen LogP contribution in [0.5, 0.6) is 0 Å². The summed E-state index contributed by atoms with van der Waals surface area (Å²) in [6.45, 7) is 9.31. The number of fused-ring (bicyclic) bond motifs is 1. The van der Waals surface area contributed by atoms with Crippen LogP contribution in [0.15, 0.2) is 54.3 Å². The van der Waals surface area contributed by atoms with Crippen molar-refractivity contribution in [2.75, 3.05) is 31.1 Å². The first-order chi connectivity index (χ1) is 17.4. The quantitative estimate of drug-likeness (QED) is 0.268. The number of carbonyl (C=O) groups is 1. The number of benzene rings is 1. The maximum atomic E-state index is 14.4. The summed E-state index contributed by atoms with van der Waals surface area (Å²) >= 11 is 0. The molecule has 0 spiro atoms. The fraction of sp³-hybridized carbons (Fsp3) is 0.357. The molecule has 0 bridgehead atoms. The van der Waals surface area contributed by atoms with Crippen molar-refractivity contribution >= 4 is 11.6 Å². The summed E-state index contributed by atoms with van der Waals surface area (Å²) < 4.78 is 27.8. The second-order valence-electron chi connectivity index (χ2n) is 9.28. The SMILES string of the molecule is C=CC#CCC1=C(C)CCN(CC2CCN(Cc3ccc(F)cc3F)c3cnc(C(=O)NO)cc32)C1. The van der Waals surface area contributed by atoms with Gasteiger partial charge in [0.25, 0.3) is 5.91 Å². The molecule has 0 saturated heterocycles. The Morgan fingerprint density at radius 1 is 1.33 bits per heavy atom. The largest absolute Gasteiger partial charge is 0.366 e. The first-order valence-electron chi connectivity index (χ1n) is 12.0. The van der Waals surface area contributed by atoms with Crippen LogP contribution in [0, 0.1) is 23.5 Å². The Bertz CT molecular complexity index is 1250. The number of nitrogens with one attached hydrogen (secondary N) is 1. The molecule has 0 aliphatic carbocycles. The third-order valence-corrected chi connectivity index (χ3v) is 6.96. The average molecular weight is 493 g/mol. The predicted molar refractivity (Wildman–Crippen MR) is 135 cm³/mol. The van der Waals surface area contributed by atoms with E-state index in [4.69, 9.17) is 5.21 Å². The zero-order chi connectivity index (χ0) is 25.7. The second-order valence-corrected chi connectivity index (χ2v) is 9.28. The minimum absolute atomic E-state index is 0.117. The molecule has 1 amide bonds. The molecule has 6 nitrogen and oxygen atoms in total. The molecule has 1 aromatic carbocycles. The second kappa shape index (κ2) is 11.5. The summed E-state index contributed by atoms with van der Waals surface area (Å²) in [5, 5.41) is 9.11. The summed E-state index contributed by atoms with van der Waals surface area (Å²) in [5.41, 5.74) is 6.60. The normalized spacial score (nSPS) is 17.8. The number of hydroxylamine groups is 1. The monoisotopic (exact) mass is 492 g/mol. The Morgan fingerprint density at radius 2 is 2.17 bits per heavy atom. The van der Waals surface area contributed by atoms with Gasteiger partial charge in [0.1, 0.15) is 17.3 Å². The van der Waals surface area contributed by atoms with Crippen LogP contribution in [0.1, 0.15) is 53.7 Å². The van der Waals surface area contributed by atoms with Gasteiger partial charge in [-0.05, 0) is 49.1 Å². The smallest absolute Gasteiger partial charge is 0.293 e. The van der Waals surface area contributed by atoms with Crippen LogP contribution < -0.4 is 10.4 Å². The number of aromatic nitrogens is 1. The van der Waals surface area contributed by atoms with Crippen LogP contribution in [-0.2, 0) is 6.54 Å². The van der Waals surface area contributed by atoms with E-state index in [1.807, 2.05) is 4.90 Å². The van der Waals surface area contributed by atoms with E-state index in [1.54, 1.807) is 23.8 Å². The fourth-order valence-corrected chi connectivity index (χ4v) is 4.92. The van der Waals surface area contributed by atoms with Crippen LogP contribution in [0.4, 0.5) is 14.5 Å². The molecule has 2 N–H and O–H groups in total. The van der Waals surface area contributed by atoms with Gasteiger partial charge in [0.05, 0.1) is 11.9 Å². The van der Waals surface area contributed by atoms with Crippen molar-refractivity contribution < 1.29 is 18.8 Å². The van der Waals surface area contributed by atoms with Crippen LogP contribution in [0.2, 0.25) is 0 Å². The predicted octanol–water partition coefficient (Wildman–Crippen LogP) is 4.57. The van der Waals surface area contributed by atoms with Crippen molar-refractivity contribution in [3.8, 4) is 11.8 Å². The van der Waals surface area contributed by atoms with Crippen LogP contribution >= 0.6 is 0 Å². The van der Waals surface area contributed by atoms with E-state index in [-0.39, 0.29) is 18.2 Å². The van der Waals surface area contributed by atoms with Gasteiger partial charge >= 0.3 is 0 Å². The van der Waals surface area contributed by atoms with Gasteiger partial charge in [0.2, 0.25) is 0 Å². The molecule has 1 aromatic heterocycles. The van der Waals surface area contributed by atoms with E-state index in [2.05, 4.69) is 35.2 Å². The molecule has 188 valence electrons. The Labute approximate surface area is 210 Å². The van der Waals surface area contributed by atoms with Gasteiger partial charge in [-0.15, -0.1) is 0 Å². The fourth-order valence-electron chi connectivity index (χ4n) is 4.92. The number of pyridine rings is 1. The van der Waals surface area contributed by atoms with Crippen LogP contribution in [-0.4, -0.2) is 47.2 Å². The summed E-state index contributed by atoms with van der Waals surface area (Å²) in [6, 6.07) is 5.30. The van der Waals surface area contributed by atoms with E-state index in [1.165, 1.54) is 23.3 Å². The molecule has 1 atom stereocenters. The van der Waals surface area contributed by atoms with Gasteiger partial charge in [0, 0.05) is 56.7 Å². The number of hydrogen-bond donors (Lipinski definition) is 2. The van der Waals surface area contributed by atoms with Gasteiger partial charge in [-0.1, -0.05) is 30.1 Å². The maximum absolute atomic E-state index is 14.4. The molecule has 0 fully saturated rings. The molecule has 36 heavy (non-hydrogen) atoms. The lowest BCUT2D eigenvalue weighted by molar-refractivity contribution is 0.0700. The zero-order valence-corrected chi connectivity index (χ0v) is 20.4. The third-order valence-electron chi connectivity index (χ3n) is 6.96. The summed E-state index contributed by atoms with van der Waals surface area (Å²) in [7, 11) is 0. The summed E-state index contributed by atoms with van der Waals surface area (Å²) in [6.07, 6.45) is 5.70. The molecule has 4 rings (SSSR count). The molecular formula is C28H30F2N4O2. The van der Waals surface area contributed by atoms with Gasteiger partial charge in [-0.2, -0.15) is 0 Å². The highest BCUT2D eigenvalue weighted by Crippen LogP contribution is 2.37. The number of rotatable bonds is 6. The van der Waals surface area contributed by atoms with Crippen LogP contribution in [0.3, 0.4) is 0 Å². The molecule has 0 radical (unpaired) electrons. The van der Waals surface area contributed by atoms with Crippen molar-refractivity contribution in [1.29, 1.82) is 0 Å². The molecule has 3 heterocycles. The van der Waals surface area contributed by atoms with Crippen molar-refractivity contribution in [3.05, 3.63) is 82.7 Å². The number of nitrogens with zero attached hydrogens (tertiary/aromatic N) is 3. The molecular weight excluding hydrogens is 462 g/mol. The van der Waals surface area contributed by atoms with E-state index >= 15 is 0 Å². The van der Waals surface area contributed by atoms with Crippen molar-refractivity contribution in [2.24, 2.45) is 0 Å². The molecule has 2 aliphatic heterocycles. The third kappa shape index (κ3) is 5.81. The lowest BCUT2D eigenvalue weighted by atomic mass is 9.88. The molecule has 8 heteroatoms. The van der Waals surface area contributed by atoms with E-state index in [0.29, 0.717) is 12.1 Å². The average Bonchev–Trinajstić information content (AvgIpc) is 2.88. The van der Waals surface area contributed by atoms with Gasteiger partial charge in [-0.25, -0.2) is 19.2 Å². The number of anilines is 1. The van der Waals surface area contributed by atoms with Gasteiger partial charge < -0.3 is 4.90 Å². The minimum Gasteiger partial charge on any atom is -0.366 e.